The van der Waals surface area contributed by atoms with Crippen LogP contribution in [0.15, 0.2) is 46.9 Å². The molecule has 0 bridgehead atoms. The Morgan fingerprint density at radius 1 is 1.20 bits per heavy atom. The smallest absolute Gasteiger partial charge is 0.119 e. The van der Waals surface area contributed by atoms with E-state index in [-0.39, 0.29) is 0 Å². The van der Waals surface area contributed by atoms with E-state index < -0.39 is 0 Å². The predicted molar refractivity (Wildman–Crippen MR) is 89.0 cm³/mol. The van der Waals surface area contributed by atoms with Crippen LogP contribution in [0.3, 0.4) is 0 Å². The van der Waals surface area contributed by atoms with Crippen LogP contribution in [0.25, 0.3) is 0 Å². The summed E-state index contributed by atoms with van der Waals surface area (Å²) in [7, 11) is 0. The van der Waals surface area contributed by atoms with Crippen molar-refractivity contribution < 1.29 is 4.74 Å². The lowest BCUT2D eigenvalue weighted by Crippen LogP contribution is -2.11. The fraction of sp³-hybridized carbons (Fsp3) is 0.250. The Bertz CT molecular complexity index is 574. The van der Waals surface area contributed by atoms with Crippen LogP contribution in [0.2, 0.25) is 5.02 Å². The Balaban J connectivity index is 1.83. The second-order valence-corrected chi connectivity index (χ2v) is 5.62. The van der Waals surface area contributed by atoms with E-state index in [2.05, 4.69) is 28.2 Å². The van der Waals surface area contributed by atoms with Gasteiger partial charge in [-0.1, -0.05) is 30.7 Å². The van der Waals surface area contributed by atoms with Gasteiger partial charge in [0.15, 0.2) is 0 Å². The molecule has 4 heteroatoms. The third-order valence-electron chi connectivity index (χ3n) is 2.96. The first-order valence-electron chi connectivity index (χ1n) is 6.60. The second-order valence-electron chi connectivity index (χ2n) is 4.36. The maximum atomic E-state index is 6.08. The second kappa shape index (κ2) is 7.55. The maximum Gasteiger partial charge on any atom is 0.119 e. The van der Waals surface area contributed by atoms with Crippen LogP contribution in [0.1, 0.15) is 12.5 Å². The molecule has 0 aromatic heterocycles. The highest BCUT2D eigenvalue weighted by Crippen LogP contribution is 2.23. The molecule has 0 unspecified atom stereocenters. The van der Waals surface area contributed by atoms with E-state index in [0.29, 0.717) is 6.61 Å². The molecule has 2 rings (SSSR count). The van der Waals surface area contributed by atoms with E-state index in [9.17, 15) is 0 Å². The van der Waals surface area contributed by atoms with Crippen molar-refractivity contribution in [2.75, 3.05) is 18.5 Å². The van der Waals surface area contributed by atoms with Gasteiger partial charge in [0.25, 0.3) is 0 Å². The van der Waals surface area contributed by atoms with Crippen molar-refractivity contribution >= 4 is 33.2 Å². The molecule has 0 fully saturated rings. The molecule has 106 valence electrons. The zero-order valence-corrected chi connectivity index (χ0v) is 13.7. The van der Waals surface area contributed by atoms with Gasteiger partial charge in [-0.15, -0.1) is 0 Å². The summed E-state index contributed by atoms with van der Waals surface area (Å²) in [6.07, 6.45) is 0.908. The molecule has 2 aromatic rings. The number of aryl methyl sites for hydroxylation is 1. The molecule has 0 spiro atoms. The number of anilines is 1. The SMILES string of the molecule is CCc1cc(OCCNc2ccccc2Br)ccc1Cl. The summed E-state index contributed by atoms with van der Waals surface area (Å²) >= 11 is 9.58. The van der Waals surface area contributed by atoms with Crippen molar-refractivity contribution in [2.24, 2.45) is 0 Å². The van der Waals surface area contributed by atoms with Crippen LogP contribution >= 0.6 is 27.5 Å². The Morgan fingerprint density at radius 3 is 2.75 bits per heavy atom. The minimum Gasteiger partial charge on any atom is -0.492 e. The lowest BCUT2D eigenvalue weighted by molar-refractivity contribution is 0.332. The summed E-state index contributed by atoms with van der Waals surface area (Å²) in [6.45, 7) is 3.43. The molecule has 0 aliphatic heterocycles. The number of nitrogens with one attached hydrogen (secondary N) is 1. The first kappa shape index (κ1) is 15.2. The zero-order valence-electron chi connectivity index (χ0n) is 11.3. The van der Waals surface area contributed by atoms with Gasteiger partial charge in [-0.2, -0.15) is 0 Å². The van der Waals surface area contributed by atoms with Crippen LogP contribution in [0.4, 0.5) is 5.69 Å². The van der Waals surface area contributed by atoms with E-state index in [1.54, 1.807) is 0 Å². The summed E-state index contributed by atoms with van der Waals surface area (Å²) in [5.41, 5.74) is 2.18. The van der Waals surface area contributed by atoms with Gasteiger partial charge in [0.05, 0.1) is 0 Å². The molecule has 0 amide bonds. The number of halogens is 2. The standard InChI is InChI=1S/C16H17BrClNO/c1-2-12-11-13(7-8-15(12)18)20-10-9-19-16-6-4-3-5-14(16)17/h3-8,11,19H,2,9-10H2,1H3. The van der Waals surface area contributed by atoms with Gasteiger partial charge in [-0.3, -0.25) is 0 Å². The van der Waals surface area contributed by atoms with E-state index in [1.165, 1.54) is 0 Å². The largest absolute Gasteiger partial charge is 0.492 e. The molecule has 0 radical (unpaired) electrons. The van der Waals surface area contributed by atoms with Crippen LogP contribution in [-0.4, -0.2) is 13.2 Å². The van der Waals surface area contributed by atoms with Gasteiger partial charge in [0.1, 0.15) is 12.4 Å². The minimum atomic E-state index is 0.603. The summed E-state index contributed by atoms with van der Waals surface area (Å²) in [5.74, 6) is 0.861. The van der Waals surface area contributed by atoms with Crippen molar-refractivity contribution in [2.45, 2.75) is 13.3 Å². The monoisotopic (exact) mass is 353 g/mol. The normalized spacial score (nSPS) is 10.3. The van der Waals surface area contributed by atoms with E-state index >= 15 is 0 Å². The minimum absolute atomic E-state index is 0.603. The fourth-order valence-electron chi connectivity index (χ4n) is 1.87. The number of benzene rings is 2. The molecule has 0 aliphatic rings. The Morgan fingerprint density at radius 2 is 2.00 bits per heavy atom. The molecule has 1 N–H and O–H groups in total. The quantitative estimate of drug-likeness (QED) is 0.724. The molecule has 20 heavy (non-hydrogen) atoms. The summed E-state index contributed by atoms with van der Waals surface area (Å²) < 4.78 is 6.78. The molecule has 2 aromatic carbocycles. The summed E-state index contributed by atoms with van der Waals surface area (Å²) in [6, 6.07) is 13.8. The number of rotatable bonds is 6. The van der Waals surface area contributed by atoms with E-state index in [0.717, 1.165) is 39.5 Å². The molecule has 0 heterocycles. The number of para-hydroxylation sites is 1. The Hall–Kier alpha value is -1.19. The van der Waals surface area contributed by atoms with Crippen molar-refractivity contribution in [3.63, 3.8) is 0 Å². The number of hydrogen-bond donors (Lipinski definition) is 1. The van der Waals surface area contributed by atoms with Crippen molar-refractivity contribution in [1.82, 2.24) is 0 Å². The Kier molecular flexibility index (Phi) is 5.74. The zero-order chi connectivity index (χ0) is 14.4. The molecule has 0 aliphatic carbocycles. The molecular weight excluding hydrogens is 338 g/mol. The van der Waals surface area contributed by atoms with E-state index in [4.69, 9.17) is 16.3 Å². The summed E-state index contributed by atoms with van der Waals surface area (Å²) in [4.78, 5) is 0. The third kappa shape index (κ3) is 4.15. The highest BCUT2D eigenvalue weighted by atomic mass is 79.9. The molecule has 2 nitrogen and oxygen atoms in total. The highest BCUT2D eigenvalue weighted by Gasteiger charge is 2.01. The van der Waals surface area contributed by atoms with Gasteiger partial charge >= 0.3 is 0 Å². The van der Waals surface area contributed by atoms with Crippen LogP contribution in [-0.2, 0) is 6.42 Å². The van der Waals surface area contributed by atoms with Gasteiger partial charge in [-0.05, 0) is 58.2 Å². The van der Waals surface area contributed by atoms with Gasteiger partial charge < -0.3 is 10.1 Å². The lowest BCUT2D eigenvalue weighted by atomic mass is 10.1. The van der Waals surface area contributed by atoms with Gasteiger partial charge in [0.2, 0.25) is 0 Å². The van der Waals surface area contributed by atoms with Crippen molar-refractivity contribution in [3.8, 4) is 5.75 Å². The topological polar surface area (TPSA) is 21.3 Å². The van der Waals surface area contributed by atoms with Crippen LogP contribution in [0.5, 0.6) is 5.75 Å². The lowest BCUT2D eigenvalue weighted by Gasteiger charge is -2.11. The van der Waals surface area contributed by atoms with Gasteiger partial charge in [-0.25, -0.2) is 0 Å². The molecular formula is C16H17BrClNO. The maximum absolute atomic E-state index is 6.08. The average Bonchev–Trinajstić information content (AvgIpc) is 2.47. The highest BCUT2D eigenvalue weighted by molar-refractivity contribution is 9.10. The van der Waals surface area contributed by atoms with Crippen molar-refractivity contribution in [3.05, 3.63) is 57.5 Å². The first-order valence-corrected chi connectivity index (χ1v) is 7.77. The predicted octanol–water partition coefficient (Wildman–Crippen LogP) is 5.16. The first-order chi connectivity index (χ1) is 9.70. The number of ether oxygens (including phenoxy) is 1. The van der Waals surface area contributed by atoms with Crippen molar-refractivity contribution in [1.29, 1.82) is 0 Å². The molecule has 0 atom stereocenters. The van der Waals surface area contributed by atoms with Gasteiger partial charge in [0, 0.05) is 21.7 Å². The summed E-state index contributed by atoms with van der Waals surface area (Å²) in [5, 5.41) is 4.12. The third-order valence-corrected chi connectivity index (χ3v) is 4.02. The number of hydrogen-bond acceptors (Lipinski definition) is 2. The Labute approximate surface area is 133 Å². The van der Waals surface area contributed by atoms with Crippen LogP contribution < -0.4 is 10.1 Å². The van der Waals surface area contributed by atoms with E-state index in [1.807, 2.05) is 42.5 Å². The molecule has 0 saturated heterocycles. The molecule has 0 saturated carbocycles. The van der Waals surface area contributed by atoms with Crippen LogP contribution in [0, 0.1) is 0 Å². The fourth-order valence-corrected chi connectivity index (χ4v) is 2.55. The average molecular weight is 355 g/mol.